The number of carbonyl (C=O) groups is 3. The van der Waals surface area contributed by atoms with Crippen molar-refractivity contribution in [2.24, 2.45) is 23.5 Å². The van der Waals surface area contributed by atoms with Crippen molar-refractivity contribution >= 4 is 28.9 Å². The van der Waals surface area contributed by atoms with E-state index in [-0.39, 0.29) is 54.5 Å². The number of aliphatic hydroxyl groups is 2. The Labute approximate surface area is 167 Å². The molecule has 10 heteroatoms. The minimum atomic E-state index is -1.11. The van der Waals surface area contributed by atoms with Crippen LogP contribution in [0, 0.1) is 17.8 Å². The number of fused-ring (bicyclic) bond motifs is 3. The molecular weight excluding hydrogens is 384 g/mol. The lowest BCUT2D eigenvalue weighted by molar-refractivity contribution is -0.127. The van der Waals surface area contributed by atoms with Crippen molar-refractivity contribution < 1.29 is 43.5 Å². The molecule has 0 heterocycles. The molecule has 0 saturated heterocycles. The lowest BCUT2D eigenvalue weighted by atomic mass is 9.61. The molecule has 1 aromatic carbocycles. The van der Waals surface area contributed by atoms with Gasteiger partial charge in [0, 0.05) is 14.8 Å². The van der Waals surface area contributed by atoms with E-state index in [0.717, 1.165) is 0 Å². The third-order valence-corrected chi connectivity index (χ3v) is 5.79. The van der Waals surface area contributed by atoms with Crippen LogP contribution in [0.15, 0.2) is 29.0 Å². The summed E-state index contributed by atoms with van der Waals surface area (Å²) in [4.78, 5) is 36.8. The van der Waals surface area contributed by atoms with Gasteiger partial charge in [-0.1, -0.05) is 6.07 Å². The largest absolute Gasteiger partial charge is 0.511 e. The number of nitrogen functional groups attached to an aromatic ring is 1. The first-order valence-corrected chi connectivity index (χ1v) is 8.56. The second-order valence-electron chi connectivity index (χ2n) is 7.29. The molecule has 0 aliphatic heterocycles. The Morgan fingerprint density at radius 1 is 1.10 bits per heavy atom. The summed E-state index contributed by atoms with van der Waals surface area (Å²) in [6.45, 7) is 0. The Morgan fingerprint density at radius 3 is 2.38 bits per heavy atom. The number of nitrogens with two attached hydrogens (primary N) is 2. The van der Waals surface area contributed by atoms with Crippen LogP contribution in [0.3, 0.4) is 0 Å². The quantitative estimate of drug-likeness (QED) is 0.236. The van der Waals surface area contributed by atoms with Crippen LogP contribution in [0.5, 0.6) is 5.75 Å². The van der Waals surface area contributed by atoms with Crippen molar-refractivity contribution in [1.29, 1.82) is 0 Å². The van der Waals surface area contributed by atoms with Crippen LogP contribution < -0.4 is 11.5 Å². The predicted molar refractivity (Wildman–Crippen MR) is 106 cm³/mol. The van der Waals surface area contributed by atoms with Gasteiger partial charge in [0.15, 0.2) is 11.6 Å². The van der Waals surface area contributed by atoms with Gasteiger partial charge < -0.3 is 37.7 Å². The molecule has 0 aromatic heterocycles. The number of phenolic OH excluding ortho intramolecular Hbond substituents is 1. The number of hydrogen-bond acceptors (Lipinski definition) is 7. The first-order chi connectivity index (χ1) is 12.7. The van der Waals surface area contributed by atoms with Crippen molar-refractivity contribution in [3.63, 3.8) is 0 Å². The minimum Gasteiger partial charge on any atom is -0.511 e. The summed E-state index contributed by atoms with van der Waals surface area (Å²) in [6.07, 6.45) is 0.699. The van der Waals surface area contributed by atoms with E-state index in [0.29, 0.717) is 18.4 Å². The Hall–Kier alpha value is -3.37. The number of aliphatic hydroxyl groups excluding tert-OH is 2. The molecule has 3 aliphatic carbocycles. The van der Waals surface area contributed by atoms with Crippen molar-refractivity contribution in [2.75, 3.05) is 5.73 Å². The van der Waals surface area contributed by atoms with Gasteiger partial charge in [-0.25, -0.2) is 0 Å². The zero-order valence-electron chi connectivity index (χ0n) is 15.2. The maximum Gasteiger partial charge on any atom is 0.255 e. The highest BCUT2D eigenvalue weighted by Gasteiger charge is 2.50. The van der Waals surface area contributed by atoms with Gasteiger partial charge in [-0.15, -0.1) is 0 Å². The normalized spacial score (nSPS) is 25.3. The fourth-order valence-corrected chi connectivity index (χ4v) is 4.63. The summed E-state index contributed by atoms with van der Waals surface area (Å²) >= 11 is 0. The van der Waals surface area contributed by atoms with E-state index < -0.39 is 40.6 Å². The van der Waals surface area contributed by atoms with E-state index in [4.69, 9.17) is 11.5 Å². The molecule has 0 bridgehead atoms. The standard InChI is InChI=1S/C19H18N2O6.2H2O.2H2/c20-9-2-1-6-3-7-4-8-5-10(22)14(19(21)27)18(26)13(8)17(25)12(7)16(24)11(6)15(9)23;;;;/h1-2,7-8,13,23-24,26H,3-5,20H2,(H2,21,27);2*1H2;2*1H. The highest BCUT2D eigenvalue weighted by Crippen LogP contribution is 2.50. The molecule has 3 unspecified atom stereocenters. The number of allylic oxidation sites excluding steroid dienone is 2. The van der Waals surface area contributed by atoms with E-state index in [1.807, 2.05) is 0 Å². The van der Waals surface area contributed by atoms with Crippen molar-refractivity contribution in [3.05, 3.63) is 40.2 Å². The molecule has 0 radical (unpaired) electrons. The molecule has 1 saturated carbocycles. The van der Waals surface area contributed by atoms with Crippen LogP contribution in [0.1, 0.15) is 26.8 Å². The van der Waals surface area contributed by atoms with Gasteiger partial charge in [-0.3, -0.25) is 14.4 Å². The topological polar surface area (TPSA) is 227 Å². The number of carbonyl (C=O) groups excluding carboxylic acids is 3. The Morgan fingerprint density at radius 2 is 1.76 bits per heavy atom. The van der Waals surface area contributed by atoms with E-state index in [1.165, 1.54) is 6.07 Å². The second-order valence-corrected chi connectivity index (χ2v) is 7.29. The summed E-state index contributed by atoms with van der Waals surface area (Å²) in [7, 11) is 0. The molecule has 160 valence electrons. The zero-order valence-corrected chi connectivity index (χ0v) is 15.2. The number of hydrogen-bond donors (Lipinski definition) is 5. The number of phenols is 1. The van der Waals surface area contributed by atoms with Crippen LogP contribution in [-0.2, 0) is 20.8 Å². The number of Topliss-reactive ketones (excluding diaryl/α,β-unsaturated/α-hetero) is 2. The number of rotatable bonds is 1. The molecular formula is C19H26N2O8. The molecule has 29 heavy (non-hydrogen) atoms. The molecule has 1 fully saturated rings. The first-order valence-electron chi connectivity index (χ1n) is 8.56. The van der Waals surface area contributed by atoms with Gasteiger partial charge >= 0.3 is 0 Å². The average Bonchev–Trinajstić information content (AvgIpc) is 2.57. The number of amides is 1. The molecule has 10 nitrogen and oxygen atoms in total. The molecule has 1 amide bonds. The SMILES string of the molecule is NC(=O)C1=C(O)C2C(=O)C3=C(O)c4c(ccc(N)c4O)CC3CC2CC1=O.O.O.[HH].[HH]. The number of benzene rings is 1. The highest BCUT2D eigenvalue weighted by atomic mass is 16.3. The number of primary amides is 1. The van der Waals surface area contributed by atoms with Crippen LogP contribution in [0.4, 0.5) is 5.69 Å². The van der Waals surface area contributed by atoms with Gasteiger partial charge in [-0.2, -0.15) is 0 Å². The second kappa shape index (κ2) is 7.22. The van der Waals surface area contributed by atoms with Gasteiger partial charge in [0.05, 0.1) is 17.2 Å². The van der Waals surface area contributed by atoms with Gasteiger partial charge in [0.2, 0.25) is 0 Å². The number of aromatic hydroxyl groups is 1. The zero-order chi connectivity index (χ0) is 19.6. The van der Waals surface area contributed by atoms with E-state index in [2.05, 4.69) is 0 Å². The summed E-state index contributed by atoms with van der Waals surface area (Å²) in [6, 6.07) is 3.21. The van der Waals surface area contributed by atoms with Crippen LogP contribution in [0.25, 0.3) is 5.76 Å². The van der Waals surface area contributed by atoms with Crippen LogP contribution in [0.2, 0.25) is 0 Å². The maximum absolute atomic E-state index is 13.1. The summed E-state index contributed by atoms with van der Waals surface area (Å²) in [5, 5.41) is 31.4. The van der Waals surface area contributed by atoms with E-state index in [9.17, 15) is 29.7 Å². The van der Waals surface area contributed by atoms with Gasteiger partial charge in [0.25, 0.3) is 5.91 Å². The van der Waals surface area contributed by atoms with E-state index in [1.54, 1.807) is 6.07 Å². The molecule has 4 rings (SSSR count). The Kier molecular flexibility index (Phi) is 5.46. The predicted octanol–water partition coefficient (Wildman–Crippen LogP) is -0.266. The summed E-state index contributed by atoms with van der Waals surface area (Å²) in [5.41, 5.74) is 11.2. The minimum absolute atomic E-state index is 0. The summed E-state index contributed by atoms with van der Waals surface area (Å²) in [5.74, 6) is -5.47. The highest BCUT2D eigenvalue weighted by molar-refractivity contribution is 6.21. The Bertz CT molecular complexity index is 1000. The van der Waals surface area contributed by atoms with Crippen LogP contribution in [-0.4, -0.2) is 43.7 Å². The fourth-order valence-electron chi connectivity index (χ4n) is 4.63. The summed E-state index contributed by atoms with van der Waals surface area (Å²) < 4.78 is 0. The first kappa shape index (κ1) is 21.9. The molecule has 0 spiro atoms. The Balaban J connectivity index is 0.00000225. The van der Waals surface area contributed by atoms with E-state index >= 15 is 0 Å². The van der Waals surface area contributed by atoms with Crippen molar-refractivity contribution in [2.45, 2.75) is 19.3 Å². The van der Waals surface area contributed by atoms with Crippen molar-refractivity contribution in [1.82, 2.24) is 0 Å². The lowest BCUT2D eigenvalue weighted by Crippen LogP contribution is -2.44. The third-order valence-electron chi connectivity index (χ3n) is 5.79. The monoisotopic (exact) mass is 410 g/mol. The molecule has 1 aromatic rings. The molecule has 3 atom stereocenters. The maximum atomic E-state index is 13.1. The smallest absolute Gasteiger partial charge is 0.255 e. The van der Waals surface area contributed by atoms with Crippen LogP contribution >= 0.6 is 0 Å². The van der Waals surface area contributed by atoms with Gasteiger partial charge in [-0.05, 0) is 36.3 Å². The number of ketones is 2. The van der Waals surface area contributed by atoms with Gasteiger partial charge in [0.1, 0.15) is 22.8 Å². The molecule has 11 N–H and O–H groups in total. The molecule has 3 aliphatic rings. The average molecular weight is 410 g/mol. The third kappa shape index (κ3) is 2.93. The lowest BCUT2D eigenvalue weighted by Gasteiger charge is -2.41. The van der Waals surface area contributed by atoms with Crippen molar-refractivity contribution in [3.8, 4) is 5.75 Å². The number of anilines is 1. The fraction of sp³-hybridized carbons (Fsp3) is 0.316.